The average Bonchev–Trinajstić information content (AvgIpc) is 3.33. The molecule has 3 aromatic rings. The van der Waals surface area contributed by atoms with Crippen molar-refractivity contribution in [3.8, 4) is 11.5 Å². The molecule has 38 heavy (non-hydrogen) atoms. The molecule has 8 heteroatoms. The number of fused-ring (bicyclic) bond motifs is 1. The molecule has 0 aliphatic heterocycles. The van der Waals surface area contributed by atoms with Gasteiger partial charge in [0.2, 0.25) is 5.91 Å². The first-order valence-electron chi connectivity index (χ1n) is 13.4. The van der Waals surface area contributed by atoms with Crippen LogP contribution in [0.4, 0.5) is 4.79 Å². The van der Waals surface area contributed by atoms with Crippen molar-refractivity contribution in [3.63, 3.8) is 0 Å². The average molecular weight is 523 g/mol. The Bertz CT molecular complexity index is 1190. The topological polar surface area (TPSA) is 86.9 Å². The maximum Gasteiger partial charge on any atom is 0.317 e. The van der Waals surface area contributed by atoms with Crippen molar-refractivity contribution in [2.45, 2.75) is 46.6 Å². The molecule has 1 heterocycles. The molecule has 2 aromatic carbocycles. The molecule has 0 atom stereocenters. The standard InChI is InChI=1S/C30H42N4O4/c1-6-7-15-31-30(36)34(19-22(2)3)21-29(35)33(20-23-12-13-27(37-4)28(17-23)38-5)16-14-24-18-32-26-11-9-8-10-25(24)26/h8-13,17-18,22,32H,6-7,14-16,19-21H2,1-5H3,(H,31,36). The smallest absolute Gasteiger partial charge is 0.317 e. The Hall–Kier alpha value is -3.68. The van der Waals surface area contributed by atoms with Crippen LogP contribution in [0.2, 0.25) is 0 Å². The van der Waals surface area contributed by atoms with Gasteiger partial charge < -0.3 is 29.6 Å². The summed E-state index contributed by atoms with van der Waals surface area (Å²) < 4.78 is 10.9. The SMILES string of the molecule is CCCCNC(=O)N(CC(=O)N(CCc1c[nH]c2ccccc12)Cc1ccc(OC)c(OC)c1)CC(C)C. The van der Waals surface area contributed by atoms with E-state index in [9.17, 15) is 9.59 Å². The first-order valence-corrected chi connectivity index (χ1v) is 13.4. The van der Waals surface area contributed by atoms with E-state index in [-0.39, 0.29) is 24.4 Å². The number of ether oxygens (including phenoxy) is 2. The van der Waals surface area contributed by atoms with Gasteiger partial charge in [-0.2, -0.15) is 0 Å². The Morgan fingerprint density at radius 3 is 2.50 bits per heavy atom. The molecule has 0 unspecified atom stereocenters. The number of carbonyl (C=O) groups excluding carboxylic acids is 2. The lowest BCUT2D eigenvalue weighted by Gasteiger charge is -2.29. The zero-order valence-corrected chi connectivity index (χ0v) is 23.4. The van der Waals surface area contributed by atoms with E-state index in [2.05, 4.69) is 37.1 Å². The van der Waals surface area contributed by atoms with Gasteiger partial charge >= 0.3 is 6.03 Å². The van der Waals surface area contributed by atoms with Crippen LogP contribution >= 0.6 is 0 Å². The molecule has 0 bridgehead atoms. The number of methoxy groups -OCH3 is 2. The number of aromatic nitrogens is 1. The summed E-state index contributed by atoms with van der Waals surface area (Å²) >= 11 is 0. The molecule has 0 aliphatic carbocycles. The van der Waals surface area contributed by atoms with Crippen LogP contribution in [0.5, 0.6) is 11.5 Å². The van der Waals surface area contributed by atoms with Crippen molar-refractivity contribution in [1.29, 1.82) is 0 Å². The van der Waals surface area contributed by atoms with Crippen molar-refractivity contribution in [3.05, 3.63) is 59.8 Å². The van der Waals surface area contributed by atoms with Crippen molar-refractivity contribution in [2.75, 3.05) is 40.4 Å². The third-order valence-corrected chi connectivity index (χ3v) is 6.51. The van der Waals surface area contributed by atoms with Gasteiger partial charge in [0, 0.05) is 43.3 Å². The van der Waals surface area contributed by atoms with E-state index in [0.717, 1.165) is 34.9 Å². The summed E-state index contributed by atoms with van der Waals surface area (Å²) in [5.74, 6) is 1.40. The number of H-pyrrole nitrogens is 1. The lowest BCUT2D eigenvalue weighted by Crippen LogP contribution is -2.48. The van der Waals surface area contributed by atoms with Crippen LogP contribution in [0.3, 0.4) is 0 Å². The van der Waals surface area contributed by atoms with Gasteiger partial charge in [-0.1, -0.05) is 51.5 Å². The van der Waals surface area contributed by atoms with Crippen molar-refractivity contribution < 1.29 is 19.1 Å². The number of hydrogen-bond acceptors (Lipinski definition) is 4. The summed E-state index contributed by atoms with van der Waals surface area (Å²) in [6.07, 6.45) is 4.60. The summed E-state index contributed by atoms with van der Waals surface area (Å²) in [6.45, 7) is 8.24. The summed E-state index contributed by atoms with van der Waals surface area (Å²) in [6, 6.07) is 13.7. The predicted molar refractivity (Wildman–Crippen MR) is 152 cm³/mol. The van der Waals surface area contributed by atoms with Gasteiger partial charge in [-0.25, -0.2) is 4.79 Å². The predicted octanol–water partition coefficient (Wildman–Crippen LogP) is 5.22. The number of hydrogen-bond donors (Lipinski definition) is 2. The minimum absolute atomic E-state index is 0.0251. The Labute approximate surface area is 226 Å². The van der Waals surface area contributed by atoms with Gasteiger partial charge in [-0.15, -0.1) is 0 Å². The fraction of sp³-hybridized carbons (Fsp3) is 0.467. The van der Waals surface area contributed by atoms with Crippen molar-refractivity contribution in [2.24, 2.45) is 5.92 Å². The molecule has 2 N–H and O–H groups in total. The molecule has 0 radical (unpaired) electrons. The number of urea groups is 1. The summed E-state index contributed by atoms with van der Waals surface area (Å²) in [7, 11) is 3.20. The minimum atomic E-state index is -0.191. The fourth-order valence-corrected chi connectivity index (χ4v) is 4.49. The van der Waals surface area contributed by atoms with Crippen LogP contribution in [0.15, 0.2) is 48.7 Å². The molecular formula is C30H42N4O4. The van der Waals surface area contributed by atoms with E-state index >= 15 is 0 Å². The van der Waals surface area contributed by atoms with E-state index in [1.54, 1.807) is 19.1 Å². The number of nitrogens with one attached hydrogen (secondary N) is 2. The second-order valence-corrected chi connectivity index (χ2v) is 9.97. The Morgan fingerprint density at radius 1 is 1.03 bits per heavy atom. The third-order valence-electron chi connectivity index (χ3n) is 6.51. The van der Waals surface area contributed by atoms with Crippen LogP contribution in [0.25, 0.3) is 10.9 Å². The van der Waals surface area contributed by atoms with E-state index in [4.69, 9.17) is 9.47 Å². The monoisotopic (exact) mass is 522 g/mol. The van der Waals surface area contributed by atoms with Gasteiger partial charge in [-0.3, -0.25) is 4.79 Å². The molecule has 0 saturated heterocycles. The quantitative estimate of drug-likeness (QED) is 0.284. The number of para-hydroxylation sites is 1. The molecule has 206 valence electrons. The molecule has 0 spiro atoms. The highest BCUT2D eigenvalue weighted by atomic mass is 16.5. The van der Waals surface area contributed by atoms with Crippen LogP contribution in [0.1, 0.15) is 44.7 Å². The molecular weight excluding hydrogens is 480 g/mol. The number of amides is 3. The highest BCUT2D eigenvalue weighted by Gasteiger charge is 2.23. The second-order valence-electron chi connectivity index (χ2n) is 9.97. The zero-order chi connectivity index (χ0) is 27.5. The maximum absolute atomic E-state index is 13.7. The first-order chi connectivity index (χ1) is 18.4. The van der Waals surface area contributed by atoms with Gasteiger partial charge in [0.15, 0.2) is 11.5 Å². The van der Waals surface area contributed by atoms with Gasteiger partial charge in [0.05, 0.1) is 14.2 Å². The van der Waals surface area contributed by atoms with Gasteiger partial charge in [-0.05, 0) is 48.1 Å². The number of rotatable bonds is 14. The number of benzene rings is 2. The molecule has 3 rings (SSSR count). The largest absolute Gasteiger partial charge is 0.493 e. The van der Waals surface area contributed by atoms with E-state index in [1.807, 2.05) is 47.5 Å². The van der Waals surface area contributed by atoms with Crippen LogP contribution in [0, 0.1) is 5.92 Å². The molecule has 0 fully saturated rings. The van der Waals surface area contributed by atoms with E-state index in [1.165, 1.54) is 0 Å². The van der Waals surface area contributed by atoms with E-state index < -0.39 is 0 Å². The zero-order valence-electron chi connectivity index (χ0n) is 23.4. The molecule has 0 saturated carbocycles. The summed E-state index contributed by atoms with van der Waals surface area (Å²) in [4.78, 5) is 33.4. The lowest BCUT2D eigenvalue weighted by atomic mass is 10.1. The van der Waals surface area contributed by atoms with Gasteiger partial charge in [0.25, 0.3) is 0 Å². The second kappa shape index (κ2) is 14.3. The van der Waals surface area contributed by atoms with E-state index in [0.29, 0.717) is 44.1 Å². The molecule has 3 amide bonds. The van der Waals surface area contributed by atoms with Gasteiger partial charge in [0.1, 0.15) is 6.54 Å². The number of carbonyl (C=O) groups is 2. The third kappa shape index (κ3) is 7.91. The lowest BCUT2D eigenvalue weighted by molar-refractivity contribution is -0.132. The molecule has 1 aromatic heterocycles. The minimum Gasteiger partial charge on any atom is -0.493 e. The van der Waals surface area contributed by atoms with Crippen LogP contribution < -0.4 is 14.8 Å². The molecule has 0 aliphatic rings. The summed E-state index contributed by atoms with van der Waals surface area (Å²) in [5, 5.41) is 4.12. The Kier molecular flexibility index (Phi) is 10.9. The normalized spacial score (nSPS) is 11.0. The Balaban J connectivity index is 1.81. The summed E-state index contributed by atoms with van der Waals surface area (Å²) in [5.41, 5.74) is 3.16. The van der Waals surface area contributed by atoms with Crippen molar-refractivity contribution >= 4 is 22.8 Å². The van der Waals surface area contributed by atoms with Crippen molar-refractivity contribution in [1.82, 2.24) is 20.1 Å². The highest BCUT2D eigenvalue weighted by Crippen LogP contribution is 2.28. The highest BCUT2D eigenvalue weighted by molar-refractivity contribution is 5.85. The fourth-order valence-electron chi connectivity index (χ4n) is 4.49. The maximum atomic E-state index is 13.7. The van der Waals surface area contributed by atoms with Crippen LogP contribution in [-0.4, -0.2) is 67.1 Å². The number of unbranched alkanes of at least 4 members (excludes halogenated alkanes) is 1. The molecule has 8 nitrogen and oxygen atoms in total. The number of nitrogens with zero attached hydrogens (tertiary/aromatic N) is 2. The van der Waals surface area contributed by atoms with Crippen LogP contribution in [-0.2, 0) is 17.8 Å². The first kappa shape index (κ1) is 28.9. The number of aromatic amines is 1. The Morgan fingerprint density at radius 2 is 1.79 bits per heavy atom.